The molecule has 0 amide bonds. The maximum absolute atomic E-state index is 11.1. The maximum Gasteiger partial charge on any atom is 0.147 e. The zero-order valence-electron chi connectivity index (χ0n) is 10.4. The molecule has 1 rings (SSSR count). The van der Waals surface area contributed by atoms with E-state index < -0.39 is 15.4 Å². The summed E-state index contributed by atoms with van der Waals surface area (Å²) in [4.78, 5) is 0. The lowest BCUT2D eigenvalue weighted by Crippen LogP contribution is -2.30. The average Bonchev–Trinajstić information content (AvgIpc) is 2.37. The van der Waals surface area contributed by atoms with Crippen molar-refractivity contribution in [3.05, 3.63) is 0 Å². The summed E-state index contributed by atoms with van der Waals surface area (Å²) in [5.74, 6) is 0.826. The number of rotatable bonds is 4. The molecule has 0 bridgehead atoms. The maximum atomic E-state index is 11.1. The van der Waals surface area contributed by atoms with E-state index in [1.54, 1.807) is 0 Å². The van der Waals surface area contributed by atoms with Crippen molar-refractivity contribution in [2.24, 2.45) is 5.92 Å². The van der Waals surface area contributed by atoms with Gasteiger partial charge in [-0.3, -0.25) is 0 Å². The number of hydrogen-bond donors (Lipinski definition) is 1. The average molecular weight is 248 g/mol. The minimum atomic E-state index is -2.95. The molecule has 1 N–H and O–H groups in total. The van der Waals surface area contributed by atoms with E-state index in [-0.39, 0.29) is 5.75 Å². The third kappa shape index (κ3) is 4.83. The van der Waals surface area contributed by atoms with E-state index in [9.17, 15) is 13.5 Å². The Balaban J connectivity index is 2.50. The SMILES string of the molecule is CCC1CCCC(O)(CCS(C)(=O)=O)CC1. The van der Waals surface area contributed by atoms with Gasteiger partial charge in [-0.05, 0) is 31.6 Å². The van der Waals surface area contributed by atoms with Crippen LogP contribution in [0, 0.1) is 5.92 Å². The van der Waals surface area contributed by atoms with Crippen LogP contribution >= 0.6 is 0 Å². The Morgan fingerprint density at radius 1 is 1.31 bits per heavy atom. The summed E-state index contributed by atoms with van der Waals surface area (Å²) >= 11 is 0. The highest BCUT2D eigenvalue weighted by Gasteiger charge is 2.31. The lowest BCUT2D eigenvalue weighted by atomic mass is 9.91. The van der Waals surface area contributed by atoms with E-state index in [4.69, 9.17) is 0 Å². The fraction of sp³-hybridized carbons (Fsp3) is 1.00. The van der Waals surface area contributed by atoms with Gasteiger partial charge in [-0.1, -0.05) is 26.2 Å². The van der Waals surface area contributed by atoms with Crippen molar-refractivity contribution in [2.45, 2.75) is 57.5 Å². The molecule has 16 heavy (non-hydrogen) atoms. The van der Waals surface area contributed by atoms with E-state index >= 15 is 0 Å². The normalized spacial score (nSPS) is 32.3. The molecule has 2 unspecified atom stereocenters. The van der Waals surface area contributed by atoms with Crippen molar-refractivity contribution in [2.75, 3.05) is 12.0 Å². The van der Waals surface area contributed by atoms with Crippen molar-refractivity contribution in [1.29, 1.82) is 0 Å². The topological polar surface area (TPSA) is 54.4 Å². The molecule has 0 aliphatic heterocycles. The fourth-order valence-corrected chi connectivity index (χ4v) is 3.25. The van der Waals surface area contributed by atoms with Crippen LogP contribution in [0.1, 0.15) is 51.9 Å². The quantitative estimate of drug-likeness (QED) is 0.776. The van der Waals surface area contributed by atoms with Gasteiger partial charge in [0, 0.05) is 6.26 Å². The van der Waals surface area contributed by atoms with Gasteiger partial charge in [0.1, 0.15) is 9.84 Å². The monoisotopic (exact) mass is 248 g/mol. The Morgan fingerprint density at radius 2 is 2.00 bits per heavy atom. The largest absolute Gasteiger partial charge is 0.390 e. The second-order valence-electron chi connectivity index (χ2n) is 5.31. The summed E-state index contributed by atoms with van der Waals surface area (Å²) in [7, 11) is -2.95. The molecule has 3 nitrogen and oxygen atoms in total. The molecule has 0 saturated heterocycles. The van der Waals surface area contributed by atoms with Crippen LogP contribution in [0.25, 0.3) is 0 Å². The lowest BCUT2D eigenvalue weighted by molar-refractivity contribution is 0.0208. The van der Waals surface area contributed by atoms with Crippen molar-refractivity contribution in [1.82, 2.24) is 0 Å². The molecule has 0 spiro atoms. The van der Waals surface area contributed by atoms with Gasteiger partial charge >= 0.3 is 0 Å². The minimum Gasteiger partial charge on any atom is -0.390 e. The first kappa shape index (κ1) is 14.0. The van der Waals surface area contributed by atoms with Crippen LogP contribution in [0.4, 0.5) is 0 Å². The molecular formula is C12H24O3S. The summed E-state index contributed by atoms with van der Waals surface area (Å²) in [5.41, 5.74) is -0.729. The van der Waals surface area contributed by atoms with Crippen LogP contribution in [-0.4, -0.2) is 31.1 Å². The standard InChI is InChI=1S/C12H24O3S/c1-3-11-5-4-7-12(13,8-6-11)9-10-16(2,14)15/h11,13H,3-10H2,1-2H3. The Bertz CT molecular complexity index is 310. The number of aliphatic hydroxyl groups is 1. The van der Waals surface area contributed by atoms with Gasteiger partial charge < -0.3 is 5.11 Å². The first-order valence-electron chi connectivity index (χ1n) is 6.25. The Hall–Kier alpha value is -0.0900. The van der Waals surface area contributed by atoms with Crippen molar-refractivity contribution >= 4 is 9.84 Å². The van der Waals surface area contributed by atoms with Crippen LogP contribution in [-0.2, 0) is 9.84 Å². The summed E-state index contributed by atoms with van der Waals surface area (Å²) in [6, 6.07) is 0. The van der Waals surface area contributed by atoms with Gasteiger partial charge in [-0.15, -0.1) is 0 Å². The van der Waals surface area contributed by atoms with E-state index in [1.807, 2.05) is 0 Å². The van der Waals surface area contributed by atoms with Crippen LogP contribution < -0.4 is 0 Å². The lowest BCUT2D eigenvalue weighted by Gasteiger charge is -2.26. The van der Waals surface area contributed by atoms with Crippen LogP contribution in [0.3, 0.4) is 0 Å². The van der Waals surface area contributed by atoms with E-state index in [0.29, 0.717) is 12.3 Å². The Labute approximate surface area is 99.2 Å². The molecular weight excluding hydrogens is 224 g/mol. The first-order valence-corrected chi connectivity index (χ1v) is 8.31. The van der Waals surface area contributed by atoms with E-state index in [0.717, 1.165) is 25.7 Å². The summed E-state index contributed by atoms with van der Waals surface area (Å²) in [6.45, 7) is 2.19. The van der Waals surface area contributed by atoms with Gasteiger partial charge in [-0.25, -0.2) is 8.42 Å². The van der Waals surface area contributed by atoms with Crippen molar-refractivity contribution in [3.63, 3.8) is 0 Å². The van der Waals surface area contributed by atoms with Gasteiger partial charge in [0.05, 0.1) is 11.4 Å². The molecule has 0 aromatic rings. The second kappa shape index (κ2) is 5.50. The Kier molecular flexibility index (Phi) is 4.80. The molecule has 4 heteroatoms. The third-order valence-corrected chi connectivity index (χ3v) is 4.73. The molecule has 2 atom stereocenters. The summed E-state index contributed by atoms with van der Waals surface area (Å²) in [6.07, 6.45) is 7.58. The molecule has 1 fully saturated rings. The second-order valence-corrected chi connectivity index (χ2v) is 7.57. The van der Waals surface area contributed by atoms with Crippen molar-refractivity contribution in [3.8, 4) is 0 Å². The van der Waals surface area contributed by atoms with Crippen molar-refractivity contribution < 1.29 is 13.5 Å². The summed E-state index contributed by atoms with van der Waals surface area (Å²) < 4.78 is 22.2. The molecule has 0 heterocycles. The van der Waals surface area contributed by atoms with E-state index in [1.165, 1.54) is 19.1 Å². The predicted octanol–water partition coefficient (Wildman–Crippen LogP) is 2.14. The molecule has 0 aromatic heterocycles. The fourth-order valence-electron chi connectivity index (χ4n) is 2.50. The van der Waals surface area contributed by atoms with Gasteiger partial charge in [0.2, 0.25) is 0 Å². The molecule has 1 saturated carbocycles. The van der Waals surface area contributed by atoms with Crippen LogP contribution in [0.15, 0.2) is 0 Å². The molecule has 0 aromatic carbocycles. The van der Waals surface area contributed by atoms with Gasteiger partial charge in [0.25, 0.3) is 0 Å². The summed E-state index contributed by atoms with van der Waals surface area (Å²) in [5, 5.41) is 10.4. The minimum absolute atomic E-state index is 0.111. The zero-order valence-corrected chi connectivity index (χ0v) is 11.2. The molecule has 1 aliphatic rings. The number of sulfone groups is 1. The van der Waals surface area contributed by atoms with Crippen LogP contribution in [0.5, 0.6) is 0 Å². The first-order chi connectivity index (χ1) is 7.35. The van der Waals surface area contributed by atoms with Crippen LogP contribution in [0.2, 0.25) is 0 Å². The predicted molar refractivity (Wildman–Crippen MR) is 66.1 cm³/mol. The zero-order chi connectivity index (χ0) is 12.2. The third-order valence-electron chi connectivity index (χ3n) is 3.79. The molecule has 96 valence electrons. The molecule has 1 aliphatic carbocycles. The smallest absolute Gasteiger partial charge is 0.147 e. The number of hydrogen-bond acceptors (Lipinski definition) is 3. The highest BCUT2D eigenvalue weighted by atomic mass is 32.2. The highest BCUT2D eigenvalue weighted by molar-refractivity contribution is 7.90. The van der Waals surface area contributed by atoms with Gasteiger partial charge in [-0.2, -0.15) is 0 Å². The van der Waals surface area contributed by atoms with Gasteiger partial charge in [0.15, 0.2) is 0 Å². The van der Waals surface area contributed by atoms with E-state index in [2.05, 4.69) is 6.92 Å². The molecule has 0 radical (unpaired) electrons. The highest BCUT2D eigenvalue weighted by Crippen LogP contribution is 2.34. The Morgan fingerprint density at radius 3 is 2.56 bits per heavy atom.